The molecule has 1 aliphatic carbocycles. The van der Waals surface area contributed by atoms with Gasteiger partial charge in [0.05, 0.1) is 11.9 Å². The van der Waals surface area contributed by atoms with Gasteiger partial charge in [0.1, 0.15) is 6.54 Å². The van der Waals surface area contributed by atoms with Gasteiger partial charge in [-0.2, -0.15) is 0 Å². The summed E-state index contributed by atoms with van der Waals surface area (Å²) in [7, 11) is -3.52. The lowest BCUT2D eigenvalue weighted by Gasteiger charge is -2.22. The molecule has 6 heteroatoms. The first-order chi connectivity index (χ1) is 10.9. The first-order valence-corrected chi connectivity index (χ1v) is 9.70. The largest absolute Gasteiger partial charge is 0.351 e. The summed E-state index contributed by atoms with van der Waals surface area (Å²) in [6.07, 6.45) is 7.70. The molecule has 1 aromatic carbocycles. The predicted octanol–water partition coefficient (Wildman–Crippen LogP) is 2.38. The summed E-state index contributed by atoms with van der Waals surface area (Å²) in [5.41, 5.74) is 2.69. The maximum absolute atomic E-state index is 12.2. The molecular weight excluding hydrogens is 312 g/mol. The third-order valence-corrected chi connectivity index (χ3v) is 5.02. The zero-order valence-electron chi connectivity index (χ0n) is 13.7. The van der Waals surface area contributed by atoms with Gasteiger partial charge in [-0.15, -0.1) is 0 Å². The van der Waals surface area contributed by atoms with Crippen molar-refractivity contribution in [2.24, 2.45) is 0 Å². The lowest BCUT2D eigenvalue weighted by atomic mass is 10.00. The average Bonchev–Trinajstić information content (AvgIpc) is 2.50. The molecule has 0 saturated heterocycles. The smallest absolute Gasteiger partial charge is 0.241 e. The molecule has 23 heavy (non-hydrogen) atoms. The minimum absolute atomic E-state index is 0.199. The molecule has 0 saturated carbocycles. The van der Waals surface area contributed by atoms with Gasteiger partial charge in [0.15, 0.2) is 0 Å². The van der Waals surface area contributed by atoms with Crippen LogP contribution in [0.25, 0.3) is 0 Å². The predicted molar refractivity (Wildman–Crippen MR) is 92.9 cm³/mol. The molecule has 1 amide bonds. The molecule has 1 aliphatic rings. The molecule has 1 N–H and O–H groups in total. The Bertz CT molecular complexity index is 696. The molecule has 2 rings (SSSR count). The number of aryl methyl sites for hydroxylation is 1. The highest BCUT2D eigenvalue weighted by Crippen LogP contribution is 2.19. The van der Waals surface area contributed by atoms with Crippen LogP contribution in [0.1, 0.15) is 31.2 Å². The summed E-state index contributed by atoms with van der Waals surface area (Å²) >= 11 is 0. The number of hydrogen-bond acceptors (Lipinski definition) is 3. The summed E-state index contributed by atoms with van der Waals surface area (Å²) < 4.78 is 25.2. The Hall–Kier alpha value is -1.82. The van der Waals surface area contributed by atoms with Crippen LogP contribution in [0.3, 0.4) is 0 Å². The highest BCUT2D eigenvalue weighted by Gasteiger charge is 2.21. The second-order valence-electron chi connectivity index (χ2n) is 5.99. The first-order valence-electron chi connectivity index (χ1n) is 7.85. The fourth-order valence-corrected chi connectivity index (χ4v) is 3.50. The van der Waals surface area contributed by atoms with E-state index in [2.05, 4.69) is 11.4 Å². The van der Waals surface area contributed by atoms with Crippen molar-refractivity contribution in [3.8, 4) is 0 Å². The van der Waals surface area contributed by atoms with Gasteiger partial charge in [-0.25, -0.2) is 8.42 Å². The zero-order chi connectivity index (χ0) is 16.9. The average molecular weight is 336 g/mol. The molecule has 0 fully saturated rings. The lowest BCUT2D eigenvalue weighted by Crippen LogP contribution is -2.41. The number of carbonyl (C=O) groups is 1. The van der Waals surface area contributed by atoms with Crippen LogP contribution >= 0.6 is 0 Å². The fourth-order valence-electron chi connectivity index (χ4n) is 2.65. The molecule has 0 aliphatic heterocycles. The molecule has 0 atom stereocenters. The molecule has 0 bridgehead atoms. The van der Waals surface area contributed by atoms with Crippen molar-refractivity contribution in [1.82, 2.24) is 5.32 Å². The minimum atomic E-state index is -3.52. The maximum atomic E-state index is 12.2. The highest BCUT2D eigenvalue weighted by molar-refractivity contribution is 7.92. The summed E-state index contributed by atoms with van der Waals surface area (Å²) in [6.45, 7) is 2.19. The number of amides is 1. The van der Waals surface area contributed by atoms with Gasteiger partial charge >= 0.3 is 0 Å². The van der Waals surface area contributed by atoms with E-state index in [1.165, 1.54) is 12.0 Å². The molecule has 0 heterocycles. The van der Waals surface area contributed by atoms with Gasteiger partial charge in [0, 0.05) is 6.54 Å². The van der Waals surface area contributed by atoms with Crippen molar-refractivity contribution < 1.29 is 13.2 Å². The molecule has 0 spiro atoms. The molecule has 126 valence electrons. The SMILES string of the molecule is Cc1cccc(N(CC(=O)NCC2=CCCCC2)S(C)(=O)=O)c1. The van der Waals surface area contributed by atoms with Crippen LogP contribution in [0, 0.1) is 6.92 Å². The third-order valence-electron chi connectivity index (χ3n) is 3.87. The maximum Gasteiger partial charge on any atom is 0.241 e. The topological polar surface area (TPSA) is 66.5 Å². The van der Waals surface area contributed by atoms with Crippen molar-refractivity contribution in [3.05, 3.63) is 41.5 Å². The number of benzene rings is 1. The van der Waals surface area contributed by atoms with E-state index in [0.717, 1.165) is 35.4 Å². The van der Waals surface area contributed by atoms with E-state index >= 15 is 0 Å². The quantitative estimate of drug-likeness (QED) is 0.811. The Labute approximate surface area is 138 Å². The molecule has 0 unspecified atom stereocenters. The summed E-state index contributed by atoms with van der Waals surface area (Å²) in [5, 5.41) is 2.83. The minimum Gasteiger partial charge on any atom is -0.351 e. The van der Waals surface area contributed by atoms with Crippen molar-refractivity contribution in [3.63, 3.8) is 0 Å². The number of sulfonamides is 1. The van der Waals surface area contributed by atoms with Gasteiger partial charge in [-0.3, -0.25) is 9.10 Å². The van der Waals surface area contributed by atoms with E-state index in [0.29, 0.717) is 12.2 Å². The zero-order valence-corrected chi connectivity index (χ0v) is 14.5. The van der Waals surface area contributed by atoms with Crippen LogP contribution in [-0.2, 0) is 14.8 Å². The van der Waals surface area contributed by atoms with Crippen LogP contribution in [0.2, 0.25) is 0 Å². The second kappa shape index (κ2) is 7.64. The number of anilines is 1. The van der Waals surface area contributed by atoms with E-state index in [1.807, 2.05) is 13.0 Å². The Morgan fingerprint density at radius 1 is 1.30 bits per heavy atom. The van der Waals surface area contributed by atoms with Crippen LogP contribution in [0.5, 0.6) is 0 Å². The molecule has 0 radical (unpaired) electrons. The van der Waals surface area contributed by atoms with Gasteiger partial charge < -0.3 is 5.32 Å². The van der Waals surface area contributed by atoms with Crippen LogP contribution < -0.4 is 9.62 Å². The van der Waals surface area contributed by atoms with E-state index in [9.17, 15) is 13.2 Å². The number of nitrogens with zero attached hydrogens (tertiary/aromatic N) is 1. The lowest BCUT2D eigenvalue weighted by molar-refractivity contribution is -0.119. The third kappa shape index (κ3) is 5.39. The molecule has 0 aromatic heterocycles. The van der Waals surface area contributed by atoms with Gasteiger partial charge in [-0.1, -0.05) is 23.8 Å². The first kappa shape index (κ1) is 17.5. The molecule has 1 aromatic rings. The standard InChI is InChI=1S/C17H24N2O3S/c1-14-7-6-10-16(11-14)19(23(2,21)22)13-17(20)18-12-15-8-4-3-5-9-15/h6-8,10-11H,3-5,9,12-13H2,1-2H3,(H,18,20). The van der Waals surface area contributed by atoms with Crippen LogP contribution in [0.4, 0.5) is 5.69 Å². The Kier molecular flexibility index (Phi) is 5.82. The fraction of sp³-hybridized carbons (Fsp3) is 0.471. The van der Waals surface area contributed by atoms with Crippen molar-refractivity contribution in [1.29, 1.82) is 0 Å². The van der Waals surface area contributed by atoms with Crippen molar-refractivity contribution >= 4 is 21.6 Å². The number of hydrogen-bond donors (Lipinski definition) is 1. The van der Waals surface area contributed by atoms with E-state index in [4.69, 9.17) is 0 Å². The van der Waals surface area contributed by atoms with E-state index < -0.39 is 10.0 Å². The Balaban J connectivity index is 2.03. The van der Waals surface area contributed by atoms with Crippen LogP contribution in [-0.4, -0.2) is 33.7 Å². The molecular formula is C17H24N2O3S. The monoisotopic (exact) mass is 336 g/mol. The number of rotatable bonds is 6. The summed E-state index contributed by atoms with van der Waals surface area (Å²) in [5.74, 6) is -0.289. The van der Waals surface area contributed by atoms with Crippen LogP contribution in [0.15, 0.2) is 35.9 Å². The summed E-state index contributed by atoms with van der Waals surface area (Å²) in [4.78, 5) is 12.2. The number of carbonyl (C=O) groups excluding carboxylic acids is 1. The Morgan fingerprint density at radius 2 is 2.09 bits per heavy atom. The van der Waals surface area contributed by atoms with E-state index in [1.54, 1.807) is 18.2 Å². The molecule has 5 nitrogen and oxygen atoms in total. The van der Waals surface area contributed by atoms with Crippen molar-refractivity contribution in [2.45, 2.75) is 32.6 Å². The number of nitrogens with one attached hydrogen (secondary N) is 1. The second-order valence-corrected chi connectivity index (χ2v) is 7.90. The summed E-state index contributed by atoms with van der Waals surface area (Å²) in [6, 6.07) is 7.14. The van der Waals surface area contributed by atoms with Gasteiger partial charge in [0.25, 0.3) is 0 Å². The number of allylic oxidation sites excluding steroid dienone is 1. The van der Waals surface area contributed by atoms with E-state index in [-0.39, 0.29) is 12.5 Å². The Morgan fingerprint density at radius 3 is 2.70 bits per heavy atom. The highest BCUT2D eigenvalue weighted by atomic mass is 32.2. The normalized spacial score (nSPS) is 15.0. The van der Waals surface area contributed by atoms with Gasteiger partial charge in [0.2, 0.25) is 15.9 Å². The van der Waals surface area contributed by atoms with Crippen molar-refractivity contribution in [2.75, 3.05) is 23.7 Å². The van der Waals surface area contributed by atoms with Gasteiger partial charge in [-0.05, 0) is 50.3 Å².